The molecule has 1 unspecified atom stereocenters. The lowest BCUT2D eigenvalue weighted by molar-refractivity contribution is 0.0376. The minimum absolute atomic E-state index is 0. The number of morpholine rings is 1. The van der Waals surface area contributed by atoms with E-state index in [1.165, 1.54) is 25.9 Å². The molecular weight excluding hydrogens is 417 g/mol. The Labute approximate surface area is 164 Å². The van der Waals surface area contributed by atoms with Crippen LogP contribution in [0.25, 0.3) is 0 Å². The Morgan fingerprint density at radius 3 is 2.46 bits per heavy atom. The molecule has 142 valence electrons. The zero-order chi connectivity index (χ0) is 16.5. The first-order chi connectivity index (χ1) is 11.2. The number of nitrogens with one attached hydrogen (secondary N) is 1. The van der Waals surface area contributed by atoms with Gasteiger partial charge in [-0.05, 0) is 44.8 Å². The molecule has 24 heavy (non-hydrogen) atoms. The molecule has 0 aromatic heterocycles. The molecule has 0 bridgehead atoms. The summed E-state index contributed by atoms with van der Waals surface area (Å²) in [6, 6.07) is 0.520. The van der Waals surface area contributed by atoms with E-state index in [4.69, 9.17) is 10.5 Å². The molecule has 0 spiro atoms. The minimum atomic E-state index is 0. The van der Waals surface area contributed by atoms with E-state index in [2.05, 4.69) is 34.0 Å². The van der Waals surface area contributed by atoms with Gasteiger partial charge in [0.15, 0.2) is 5.96 Å². The summed E-state index contributed by atoms with van der Waals surface area (Å²) in [4.78, 5) is 9.60. The van der Waals surface area contributed by atoms with Gasteiger partial charge in [0, 0.05) is 25.7 Å². The van der Waals surface area contributed by atoms with Crippen LogP contribution in [0.5, 0.6) is 0 Å². The number of halogens is 1. The highest BCUT2D eigenvalue weighted by Crippen LogP contribution is 2.17. The van der Waals surface area contributed by atoms with Gasteiger partial charge in [-0.25, -0.2) is 0 Å². The Morgan fingerprint density at radius 1 is 1.17 bits per heavy atom. The minimum Gasteiger partial charge on any atom is -0.379 e. The standard InChI is InChI=1S/C17H35N5O.HI/c1-15(2)16(22-8-3-4-9-22)14-20-17(18)19-6-5-7-21-10-12-23-13-11-21;/h15-16H,3-14H2,1-2H3,(H3,18,19,20);1H. The maximum Gasteiger partial charge on any atom is 0.188 e. The SMILES string of the molecule is CC(C)C(CN=C(N)NCCCN1CCOCC1)N1CCCC1.I. The van der Waals surface area contributed by atoms with Gasteiger partial charge in [0.2, 0.25) is 0 Å². The Bertz CT molecular complexity index is 355. The van der Waals surface area contributed by atoms with Crippen molar-refractivity contribution in [2.45, 2.75) is 39.2 Å². The van der Waals surface area contributed by atoms with E-state index >= 15 is 0 Å². The predicted molar refractivity (Wildman–Crippen MR) is 111 cm³/mol. The Kier molecular flexibility index (Phi) is 11.2. The average molecular weight is 453 g/mol. The molecule has 0 aromatic rings. The first-order valence-electron chi connectivity index (χ1n) is 9.25. The van der Waals surface area contributed by atoms with Gasteiger partial charge in [-0.1, -0.05) is 13.8 Å². The highest BCUT2D eigenvalue weighted by molar-refractivity contribution is 14.0. The molecule has 6 nitrogen and oxygen atoms in total. The third-order valence-corrected chi connectivity index (χ3v) is 4.89. The molecule has 1 atom stereocenters. The molecule has 2 aliphatic rings. The monoisotopic (exact) mass is 453 g/mol. The third kappa shape index (κ3) is 7.84. The summed E-state index contributed by atoms with van der Waals surface area (Å²) in [5, 5.41) is 3.26. The van der Waals surface area contributed by atoms with Crippen LogP contribution in [0.1, 0.15) is 33.1 Å². The van der Waals surface area contributed by atoms with Crippen molar-refractivity contribution in [2.75, 3.05) is 59.0 Å². The number of guanidine groups is 1. The Morgan fingerprint density at radius 2 is 1.83 bits per heavy atom. The van der Waals surface area contributed by atoms with Crippen molar-refractivity contribution in [1.29, 1.82) is 0 Å². The quantitative estimate of drug-likeness (QED) is 0.252. The fourth-order valence-electron chi connectivity index (χ4n) is 3.41. The molecule has 2 fully saturated rings. The van der Waals surface area contributed by atoms with Crippen LogP contribution in [0.4, 0.5) is 0 Å². The van der Waals surface area contributed by atoms with Crippen molar-refractivity contribution >= 4 is 29.9 Å². The van der Waals surface area contributed by atoms with Crippen molar-refractivity contribution < 1.29 is 4.74 Å². The molecule has 0 saturated carbocycles. The molecule has 3 N–H and O–H groups in total. The number of ether oxygens (including phenoxy) is 1. The van der Waals surface area contributed by atoms with E-state index in [0.29, 0.717) is 17.9 Å². The third-order valence-electron chi connectivity index (χ3n) is 4.89. The molecule has 0 radical (unpaired) electrons. The second-order valence-corrected chi connectivity index (χ2v) is 7.01. The number of aliphatic imine (C=N–C) groups is 1. The normalized spacial score (nSPS) is 21.7. The second kappa shape index (κ2) is 12.3. The van der Waals surface area contributed by atoms with Crippen molar-refractivity contribution in [3.63, 3.8) is 0 Å². The summed E-state index contributed by atoms with van der Waals surface area (Å²) in [5.74, 6) is 1.21. The van der Waals surface area contributed by atoms with Gasteiger partial charge in [0.1, 0.15) is 0 Å². The number of nitrogens with zero attached hydrogens (tertiary/aromatic N) is 3. The summed E-state index contributed by atoms with van der Waals surface area (Å²) in [5.41, 5.74) is 6.03. The molecule has 0 aliphatic carbocycles. The largest absolute Gasteiger partial charge is 0.379 e. The van der Waals surface area contributed by atoms with Crippen LogP contribution in [-0.4, -0.2) is 80.8 Å². The zero-order valence-electron chi connectivity index (χ0n) is 15.4. The summed E-state index contributed by atoms with van der Waals surface area (Å²) < 4.78 is 5.36. The molecule has 2 saturated heterocycles. The van der Waals surface area contributed by atoms with Crippen molar-refractivity contribution in [1.82, 2.24) is 15.1 Å². The summed E-state index contributed by atoms with van der Waals surface area (Å²) >= 11 is 0. The number of hydrogen-bond acceptors (Lipinski definition) is 4. The first-order valence-corrected chi connectivity index (χ1v) is 9.25. The molecule has 0 aromatic carbocycles. The van der Waals surface area contributed by atoms with Gasteiger partial charge in [-0.2, -0.15) is 0 Å². The number of rotatable bonds is 8. The number of likely N-dealkylation sites (tertiary alicyclic amines) is 1. The van der Waals surface area contributed by atoms with Gasteiger partial charge < -0.3 is 15.8 Å². The van der Waals surface area contributed by atoms with Gasteiger partial charge in [0.25, 0.3) is 0 Å². The Balaban J connectivity index is 0.00000288. The van der Waals surface area contributed by atoms with E-state index in [1.54, 1.807) is 0 Å². The fraction of sp³-hybridized carbons (Fsp3) is 0.941. The lowest BCUT2D eigenvalue weighted by Gasteiger charge is -2.29. The highest BCUT2D eigenvalue weighted by atomic mass is 127. The van der Waals surface area contributed by atoms with Crippen molar-refractivity contribution in [3.8, 4) is 0 Å². The van der Waals surface area contributed by atoms with Crippen molar-refractivity contribution in [3.05, 3.63) is 0 Å². The van der Waals surface area contributed by atoms with Crippen LogP contribution in [-0.2, 0) is 4.74 Å². The van der Waals surface area contributed by atoms with Gasteiger partial charge in [-0.3, -0.25) is 14.8 Å². The summed E-state index contributed by atoms with van der Waals surface area (Å²) in [6.45, 7) is 13.6. The van der Waals surface area contributed by atoms with Crippen LogP contribution in [0.2, 0.25) is 0 Å². The van der Waals surface area contributed by atoms with E-state index < -0.39 is 0 Å². The lowest BCUT2D eigenvalue weighted by Crippen LogP contribution is -2.41. The fourth-order valence-corrected chi connectivity index (χ4v) is 3.41. The molecule has 7 heteroatoms. The number of nitrogens with two attached hydrogens (primary N) is 1. The molecular formula is C17H36IN5O. The van der Waals surface area contributed by atoms with Crippen LogP contribution < -0.4 is 11.1 Å². The number of hydrogen-bond donors (Lipinski definition) is 2. The molecule has 2 aliphatic heterocycles. The van der Waals surface area contributed by atoms with Gasteiger partial charge >= 0.3 is 0 Å². The Hall–Kier alpha value is -0.120. The van der Waals surface area contributed by atoms with Crippen LogP contribution in [0.15, 0.2) is 4.99 Å². The smallest absolute Gasteiger partial charge is 0.188 e. The van der Waals surface area contributed by atoms with E-state index in [1.807, 2.05) is 0 Å². The average Bonchev–Trinajstić information content (AvgIpc) is 3.06. The summed E-state index contributed by atoms with van der Waals surface area (Å²) in [7, 11) is 0. The molecule has 2 rings (SSSR count). The zero-order valence-corrected chi connectivity index (χ0v) is 17.7. The van der Waals surface area contributed by atoms with E-state index in [0.717, 1.165) is 52.4 Å². The highest BCUT2D eigenvalue weighted by Gasteiger charge is 2.24. The molecule has 2 heterocycles. The maximum absolute atomic E-state index is 6.03. The van der Waals surface area contributed by atoms with E-state index in [9.17, 15) is 0 Å². The lowest BCUT2D eigenvalue weighted by atomic mass is 10.0. The molecule has 0 amide bonds. The first kappa shape index (κ1) is 21.9. The summed E-state index contributed by atoms with van der Waals surface area (Å²) in [6.07, 6.45) is 3.74. The van der Waals surface area contributed by atoms with Gasteiger partial charge in [0.05, 0.1) is 19.8 Å². The topological polar surface area (TPSA) is 66.1 Å². The van der Waals surface area contributed by atoms with E-state index in [-0.39, 0.29) is 24.0 Å². The van der Waals surface area contributed by atoms with Crippen LogP contribution in [0, 0.1) is 5.92 Å². The maximum atomic E-state index is 6.03. The van der Waals surface area contributed by atoms with Crippen molar-refractivity contribution in [2.24, 2.45) is 16.6 Å². The van der Waals surface area contributed by atoms with Gasteiger partial charge in [-0.15, -0.1) is 24.0 Å². The van der Waals surface area contributed by atoms with Crippen LogP contribution >= 0.6 is 24.0 Å². The second-order valence-electron chi connectivity index (χ2n) is 7.01. The van der Waals surface area contributed by atoms with Crippen LogP contribution in [0.3, 0.4) is 0 Å². The predicted octanol–water partition coefficient (Wildman–Crippen LogP) is 1.35.